The number of allylic oxidation sites excluding steroid dienone is 1. The van der Waals surface area contributed by atoms with E-state index in [0.29, 0.717) is 6.42 Å². The molecular weight excluding hydrogens is 523 g/mol. The average molecular weight is 585 g/mol. The molecule has 2 rings (SSSR count). The van der Waals surface area contributed by atoms with Crippen LogP contribution in [0.25, 0.3) is 0 Å². The van der Waals surface area contributed by atoms with Gasteiger partial charge in [0.1, 0.15) is 0 Å². The fraction of sp³-hybridized carbons (Fsp3) is 0.622. The summed E-state index contributed by atoms with van der Waals surface area (Å²) in [6.07, 6.45) is 5.42. The third kappa shape index (κ3) is 10.0. The fourth-order valence-electron chi connectivity index (χ4n) is 5.64. The zero-order valence-electron chi connectivity index (χ0n) is 28.3. The van der Waals surface area contributed by atoms with E-state index in [1.807, 2.05) is 0 Å². The van der Waals surface area contributed by atoms with Gasteiger partial charge in [-0.2, -0.15) is 0 Å². The topological polar surface area (TPSA) is 60.7 Å². The Hall–Kier alpha value is -1.51. The van der Waals surface area contributed by atoms with E-state index in [1.54, 1.807) is 0 Å². The number of hydrogen-bond acceptors (Lipinski definition) is 3. The Kier molecular flexibility index (Phi) is 11.3. The van der Waals surface area contributed by atoms with Crippen molar-refractivity contribution in [2.45, 2.75) is 149 Å². The van der Waals surface area contributed by atoms with Crippen molar-refractivity contribution in [3.63, 3.8) is 0 Å². The zero-order chi connectivity index (χ0) is 31.6. The Morgan fingerprint density at radius 1 is 0.610 bits per heavy atom. The van der Waals surface area contributed by atoms with Crippen molar-refractivity contribution in [3.8, 4) is 0 Å². The van der Waals surface area contributed by atoms with Gasteiger partial charge >= 0.3 is 201 Å². The van der Waals surface area contributed by atoms with Crippen LogP contribution < -0.4 is 0 Å². The van der Waals surface area contributed by atoms with Gasteiger partial charge in [-0.05, 0) is 10.8 Å². The summed E-state index contributed by atoms with van der Waals surface area (Å²) in [6, 6.07) is 14.4. The Morgan fingerprint density at radius 2 is 1.00 bits per heavy atom. The molecule has 3 nitrogen and oxygen atoms in total. The van der Waals surface area contributed by atoms with Gasteiger partial charge in [0.15, 0.2) is 0 Å². The molecule has 0 saturated heterocycles. The van der Waals surface area contributed by atoms with E-state index in [0.717, 1.165) is 32.1 Å². The van der Waals surface area contributed by atoms with Crippen LogP contribution in [0.15, 0.2) is 48.3 Å². The molecule has 0 atom stereocenters. The molecule has 4 heteroatoms. The van der Waals surface area contributed by atoms with Crippen LogP contribution in [-0.2, 0) is 21.7 Å². The maximum atomic E-state index is 9.49. The summed E-state index contributed by atoms with van der Waals surface area (Å²) in [6.45, 7) is 31.4. The molecule has 0 spiro atoms. The Bertz CT molecular complexity index is 1100. The molecule has 0 fully saturated rings. The first-order valence-electron chi connectivity index (χ1n) is 15.6. The standard InChI is InChI=1S/C37H61O3P/c1-26(41(38,39)40)18-16-14-15-17-19-29(30-22-20-27(34(2,3)4)24-32(30)36(8,9)10)31-23-21-28(35(5,6)7)25-33(31)37(11,12)13/h20-25,29,38-41H,1,14-19H2,2-13H3. The van der Waals surface area contributed by atoms with Crippen LogP contribution in [0.3, 0.4) is 0 Å². The van der Waals surface area contributed by atoms with Crippen LogP contribution in [0.2, 0.25) is 0 Å². The van der Waals surface area contributed by atoms with Crippen molar-refractivity contribution in [2.24, 2.45) is 0 Å². The van der Waals surface area contributed by atoms with E-state index in [-0.39, 0.29) is 32.9 Å². The maximum absolute atomic E-state index is 9.49. The summed E-state index contributed by atoms with van der Waals surface area (Å²) >= 11 is 0. The zero-order valence-corrected chi connectivity index (χ0v) is 29.3. The second-order valence-electron chi connectivity index (χ2n) is 16.3. The number of benzene rings is 2. The third-order valence-electron chi connectivity index (χ3n) is 8.40. The van der Waals surface area contributed by atoms with E-state index in [1.165, 1.54) is 33.4 Å². The SMILES string of the molecule is C=C(CCCCCCC(c1ccc(C(C)(C)C)cc1C(C)(C)C)c1ccc(C(C)(C)C)cc1C(C)(C)C)[PH](O)(O)O. The van der Waals surface area contributed by atoms with E-state index < -0.39 is 7.94 Å². The number of hydrogen-bond donors (Lipinski definition) is 3. The van der Waals surface area contributed by atoms with E-state index in [4.69, 9.17) is 0 Å². The molecule has 0 aliphatic rings. The van der Waals surface area contributed by atoms with Gasteiger partial charge in [-0.1, -0.05) is 41.5 Å². The summed E-state index contributed by atoms with van der Waals surface area (Å²) in [7, 11) is -4.21. The van der Waals surface area contributed by atoms with E-state index >= 15 is 0 Å². The van der Waals surface area contributed by atoms with Crippen LogP contribution >= 0.6 is 7.94 Å². The molecule has 0 unspecified atom stereocenters. The van der Waals surface area contributed by atoms with Crippen LogP contribution in [0.5, 0.6) is 0 Å². The normalized spacial score (nSPS) is 14.0. The van der Waals surface area contributed by atoms with E-state index in [9.17, 15) is 14.7 Å². The molecule has 0 bridgehead atoms. The van der Waals surface area contributed by atoms with Crippen molar-refractivity contribution in [2.75, 3.05) is 0 Å². The molecule has 0 heterocycles. The van der Waals surface area contributed by atoms with Gasteiger partial charge in [-0.25, -0.2) is 0 Å². The molecule has 0 aliphatic carbocycles. The monoisotopic (exact) mass is 584 g/mol. The number of rotatable bonds is 10. The van der Waals surface area contributed by atoms with Crippen molar-refractivity contribution in [1.29, 1.82) is 0 Å². The predicted molar refractivity (Wildman–Crippen MR) is 181 cm³/mol. The van der Waals surface area contributed by atoms with Gasteiger partial charge in [-0.15, -0.1) is 0 Å². The third-order valence-corrected chi connectivity index (χ3v) is 9.60. The van der Waals surface area contributed by atoms with Gasteiger partial charge in [0.05, 0.1) is 0 Å². The molecule has 2 aromatic rings. The van der Waals surface area contributed by atoms with Gasteiger partial charge in [-0.3, -0.25) is 0 Å². The van der Waals surface area contributed by atoms with Gasteiger partial charge < -0.3 is 0 Å². The van der Waals surface area contributed by atoms with Gasteiger partial charge in [0, 0.05) is 0 Å². The van der Waals surface area contributed by atoms with Crippen molar-refractivity contribution in [1.82, 2.24) is 0 Å². The molecule has 41 heavy (non-hydrogen) atoms. The van der Waals surface area contributed by atoms with E-state index in [2.05, 4.69) is 126 Å². The molecule has 232 valence electrons. The predicted octanol–water partition coefficient (Wildman–Crippen LogP) is 10.3. The molecule has 2 aromatic carbocycles. The van der Waals surface area contributed by atoms with Gasteiger partial charge in [0.25, 0.3) is 0 Å². The minimum absolute atomic E-state index is 0.0116. The van der Waals surface area contributed by atoms with Crippen LogP contribution in [0, 0.1) is 0 Å². The molecule has 0 aromatic heterocycles. The second kappa shape index (κ2) is 13.0. The molecule has 0 saturated carbocycles. The number of unbranched alkanes of at least 4 members (excludes halogenated alkanes) is 3. The summed E-state index contributed by atoms with van der Waals surface area (Å²) in [5.74, 6) is 0.281. The first-order valence-corrected chi connectivity index (χ1v) is 17.4. The van der Waals surface area contributed by atoms with Crippen molar-refractivity contribution >= 4 is 7.94 Å². The first-order chi connectivity index (χ1) is 18.4. The van der Waals surface area contributed by atoms with Crippen LogP contribution in [0.1, 0.15) is 161 Å². The second-order valence-corrected chi connectivity index (χ2v) is 18.3. The quantitative estimate of drug-likeness (QED) is 0.192. The van der Waals surface area contributed by atoms with Crippen molar-refractivity contribution in [3.05, 3.63) is 81.7 Å². The molecule has 0 aliphatic heterocycles. The van der Waals surface area contributed by atoms with Crippen LogP contribution in [-0.4, -0.2) is 14.7 Å². The summed E-state index contributed by atoms with van der Waals surface area (Å²) in [5.41, 5.74) is 8.68. The fourth-order valence-corrected chi connectivity index (χ4v) is 6.15. The Balaban J connectivity index is 2.58. The molecule has 0 amide bonds. The molecule has 0 radical (unpaired) electrons. The average Bonchev–Trinajstić information content (AvgIpc) is 2.80. The summed E-state index contributed by atoms with van der Waals surface area (Å²) in [5, 5.41) is 0.192. The van der Waals surface area contributed by atoms with Gasteiger partial charge in [0.2, 0.25) is 0 Å². The minimum atomic E-state index is -4.21. The molecule has 3 N–H and O–H groups in total. The Morgan fingerprint density at radius 3 is 1.34 bits per heavy atom. The summed E-state index contributed by atoms with van der Waals surface area (Å²) in [4.78, 5) is 28.5. The first kappa shape index (κ1) is 35.7. The molecular formula is C37H61O3P. The van der Waals surface area contributed by atoms with Crippen molar-refractivity contribution < 1.29 is 14.7 Å². The van der Waals surface area contributed by atoms with Crippen LogP contribution in [0.4, 0.5) is 0 Å². The summed E-state index contributed by atoms with van der Waals surface area (Å²) < 4.78 is 0. The Labute approximate surface area is 253 Å².